The molecule has 0 saturated heterocycles. The molecule has 2 heterocycles. The Hall–Kier alpha value is -2.73. The fourth-order valence-corrected chi connectivity index (χ4v) is 3.38. The van der Waals surface area contributed by atoms with Crippen LogP contribution in [0.4, 0.5) is 0 Å². The zero-order valence-corrected chi connectivity index (χ0v) is 18.3. The van der Waals surface area contributed by atoms with Crippen LogP contribution in [0.15, 0.2) is 34.7 Å². The first-order valence-electron chi connectivity index (χ1n) is 10.0. The van der Waals surface area contributed by atoms with Crippen molar-refractivity contribution in [2.45, 2.75) is 39.5 Å². The van der Waals surface area contributed by atoms with Crippen molar-refractivity contribution in [1.29, 1.82) is 0 Å². The molecule has 1 aromatic carbocycles. The summed E-state index contributed by atoms with van der Waals surface area (Å²) in [5.41, 5.74) is 1.36. The normalized spacial score (nSPS) is 10.9. The van der Waals surface area contributed by atoms with Crippen molar-refractivity contribution in [3.8, 4) is 23.0 Å². The summed E-state index contributed by atoms with van der Waals surface area (Å²) in [4.78, 5) is 16.1. The second-order valence-corrected chi connectivity index (χ2v) is 7.29. The molecule has 0 aliphatic carbocycles. The van der Waals surface area contributed by atoms with Gasteiger partial charge in [0.1, 0.15) is 11.5 Å². The number of rotatable bonds is 10. The molecule has 0 N–H and O–H groups in total. The first-order valence-corrected chi connectivity index (χ1v) is 10.4. The van der Waals surface area contributed by atoms with Gasteiger partial charge in [0, 0.05) is 17.9 Å². The summed E-state index contributed by atoms with van der Waals surface area (Å²) < 4.78 is 22.0. The number of halogens is 1. The number of hydrogen-bond acceptors (Lipinski definition) is 6. The van der Waals surface area contributed by atoms with Gasteiger partial charge >= 0.3 is 5.97 Å². The number of fused-ring (bicyclic) bond motifs is 1. The van der Waals surface area contributed by atoms with E-state index in [1.165, 1.54) is 0 Å². The molecule has 3 aromatic rings. The monoisotopic (exact) mass is 431 g/mol. The Kier molecular flexibility index (Phi) is 7.57. The second kappa shape index (κ2) is 10.3. The lowest BCUT2D eigenvalue weighted by molar-refractivity contribution is -0.143. The molecule has 7 heteroatoms. The van der Waals surface area contributed by atoms with Gasteiger partial charge in [0.25, 0.3) is 0 Å². The van der Waals surface area contributed by atoms with Crippen LogP contribution in [0.2, 0.25) is 5.02 Å². The highest BCUT2D eigenvalue weighted by molar-refractivity contribution is 6.35. The van der Waals surface area contributed by atoms with E-state index in [-0.39, 0.29) is 5.97 Å². The third-order valence-electron chi connectivity index (χ3n) is 4.62. The maximum atomic E-state index is 11.4. The van der Waals surface area contributed by atoms with Gasteiger partial charge in [0.15, 0.2) is 17.3 Å². The summed E-state index contributed by atoms with van der Waals surface area (Å²) in [6.45, 7) is 4.62. The molecule has 0 aliphatic rings. The number of pyridine rings is 1. The van der Waals surface area contributed by atoms with E-state index < -0.39 is 0 Å². The first kappa shape index (κ1) is 22.0. The van der Waals surface area contributed by atoms with E-state index >= 15 is 0 Å². The number of methoxy groups -OCH3 is 1. The predicted molar refractivity (Wildman–Crippen MR) is 116 cm³/mol. The van der Waals surface area contributed by atoms with Crippen molar-refractivity contribution < 1.29 is 23.4 Å². The van der Waals surface area contributed by atoms with Crippen LogP contribution in [0.25, 0.3) is 22.4 Å². The summed E-state index contributed by atoms with van der Waals surface area (Å²) in [6, 6.07) is 9.21. The number of unbranched alkanes of at least 4 members (excludes halogenated alkanes) is 2. The number of carbonyl (C=O) groups excluding carboxylic acids is 1. The largest absolute Gasteiger partial charge is 0.493 e. The molecule has 3 rings (SSSR count). The van der Waals surface area contributed by atoms with Gasteiger partial charge in [0.2, 0.25) is 0 Å². The van der Waals surface area contributed by atoms with Crippen LogP contribution < -0.4 is 9.47 Å². The standard InChI is InChI=1S/C23H26ClNO5/c1-4-28-23(26)8-6-5-7-11-29-22-14-18-16(12-21(22)27-3)17(24)13-19(25-18)20-10-9-15(2)30-20/h9-10,12-14H,4-8,11H2,1-3H3. The molecule has 0 bridgehead atoms. The molecule has 6 nitrogen and oxygen atoms in total. The van der Waals surface area contributed by atoms with Crippen molar-refractivity contribution in [3.05, 3.63) is 41.1 Å². The maximum Gasteiger partial charge on any atom is 0.305 e. The van der Waals surface area contributed by atoms with Crippen molar-refractivity contribution >= 4 is 28.5 Å². The minimum atomic E-state index is -0.153. The number of furan rings is 1. The minimum absolute atomic E-state index is 0.153. The third-order valence-corrected chi connectivity index (χ3v) is 4.94. The summed E-state index contributed by atoms with van der Waals surface area (Å²) in [5, 5.41) is 1.34. The van der Waals surface area contributed by atoms with E-state index in [0.29, 0.717) is 53.1 Å². The summed E-state index contributed by atoms with van der Waals surface area (Å²) in [6.07, 6.45) is 2.91. The van der Waals surface area contributed by atoms with Crippen LogP contribution in [0.3, 0.4) is 0 Å². The Morgan fingerprint density at radius 3 is 2.67 bits per heavy atom. The summed E-state index contributed by atoms with van der Waals surface area (Å²) >= 11 is 6.49. The van der Waals surface area contributed by atoms with Crippen LogP contribution in [0, 0.1) is 6.92 Å². The zero-order chi connectivity index (χ0) is 21.5. The van der Waals surface area contributed by atoms with Gasteiger partial charge in [-0.15, -0.1) is 0 Å². The van der Waals surface area contributed by atoms with Crippen LogP contribution in [0.1, 0.15) is 38.4 Å². The van der Waals surface area contributed by atoms with Crippen LogP contribution >= 0.6 is 11.6 Å². The maximum absolute atomic E-state index is 11.4. The molecule has 0 fully saturated rings. The topological polar surface area (TPSA) is 70.8 Å². The van der Waals surface area contributed by atoms with Crippen molar-refractivity contribution in [1.82, 2.24) is 4.98 Å². The first-order chi connectivity index (χ1) is 14.5. The number of nitrogens with zero attached hydrogens (tertiary/aromatic N) is 1. The molecule has 0 spiro atoms. The summed E-state index contributed by atoms with van der Waals surface area (Å²) in [7, 11) is 1.59. The molecule has 2 aromatic heterocycles. The quantitative estimate of drug-likeness (QED) is 0.291. The van der Waals surface area contributed by atoms with Crippen LogP contribution in [0.5, 0.6) is 11.5 Å². The lowest BCUT2D eigenvalue weighted by atomic mass is 10.1. The molecule has 160 valence electrons. The summed E-state index contributed by atoms with van der Waals surface area (Å²) in [5.74, 6) is 2.52. The molecule has 0 aliphatic heterocycles. The predicted octanol–water partition coefficient (Wildman–Crippen LogP) is 5.97. The molecule has 30 heavy (non-hydrogen) atoms. The highest BCUT2D eigenvalue weighted by atomic mass is 35.5. The second-order valence-electron chi connectivity index (χ2n) is 6.88. The van der Waals surface area contributed by atoms with E-state index in [4.69, 9.17) is 30.2 Å². The molecule has 0 amide bonds. The van der Waals surface area contributed by atoms with Gasteiger partial charge in [0.05, 0.1) is 30.9 Å². The van der Waals surface area contributed by atoms with E-state index in [1.54, 1.807) is 13.2 Å². The Morgan fingerprint density at radius 2 is 1.97 bits per heavy atom. The Labute approximate surface area is 181 Å². The number of ether oxygens (including phenoxy) is 3. The molecule has 0 atom stereocenters. The number of benzene rings is 1. The fraction of sp³-hybridized carbons (Fsp3) is 0.391. The number of carbonyl (C=O) groups is 1. The average molecular weight is 432 g/mol. The lowest BCUT2D eigenvalue weighted by Crippen LogP contribution is -2.04. The van der Waals surface area contributed by atoms with Gasteiger partial charge in [-0.25, -0.2) is 4.98 Å². The number of aryl methyl sites for hydroxylation is 1. The smallest absolute Gasteiger partial charge is 0.305 e. The number of aromatic nitrogens is 1. The van der Waals surface area contributed by atoms with Gasteiger partial charge in [-0.3, -0.25) is 4.79 Å². The molecular formula is C23H26ClNO5. The molecular weight excluding hydrogens is 406 g/mol. The van der Waals surface area contributed by atoms with Gasteiger partial charge < -0.3 is 18.6 Å². The van der Waals surface area contributed by atoms with Gasteiger partial charge in [-0.05, 0) is 57.4 Å². The molecule has 0 radical (unpaired) electrons. The molecule has 0 unspecified atom stereocenters. The van der Waals surface area contributed by atoms with Crippen molar-refractivity contribution in [3.63, 3.8) is 0 Å². The van der Waals surface area contributed by atoms with Gasteiger partial charge in [-0.1, -0.05) is 11.6 Å². The Balaban J connectivity index is 1.70. The van der Waals surface area contributed by atoms with E-state index in [9.17, 15) is 4.79 Å². The zero-order valence-electron chi connectivity index (χ0n) is 17.5. The highest BCUT2D eigenvalue weighted by Gasteiger charge is 2.14. The van der Waals surface area contributed by atoms with Crippen molar-refractivity contribution in [2.24, 2.45) is 0 Å². The highest BCUT2D eigenvalue weighted by Crippen LogP contribution is 2.36. The van der Waals surface area contributed by atoms with Crippen LogP contribution in [-0.2, 0) is 9.53 Å². The lowest BCUT2D eigenvalue weighted by Gasteiger charge is -2.13. The minimum Gasteiger partial charge on any atom is -0.493 e. The SMILES string of the molecule is CCOC(=O)CCCCCOc1cc2nc(-c3ccc(C)o3)cc(Cl)c2cc1OC. The Bertz CT molecular complexity index is 1010. The van der Waals surface area contributed by atoms with Crippen LogP contribution in [-0.4, -0.2) is 31.3 Å². The van der Waals surface area contributed by atoms with E-state index in [2.05, 4.69) is 4.98 Å². The third kappa shape index (κ3) is 5.45. The number of hydrogen-bond donors (Lipinski definition) is 0. The average Bonchev–Trinajstić information content (AvgIpc) is 3.16. The Morgan fingerprint density at radius 1 is 1.13 bits per heavy atom. The molecule has 0 saturated carbocycles. The van der Waals surface area contributed by atoms with Gasteiger partial charge in [-0.2, -0.15) is 0 Å². The van der Waals surface area contributed by atoms with E-state index in [1.807, 2.05) is 38.1 Å². The fourth-order valence-electron chi connectivity index (χ4n) is 3.13. The van der Waals surface area contributed by atoms with E-state index in [0.717, 1.165) is 30.4 Å². The number of esters is 1. The van der Waals surface area contributed by atoms with Crippen molar-refractivity contribution in [2.75, 3.05) is 20.3 Å².